The third kappa shape index (κ3) is 3.29. The summed E-state index contributed by atoms with van der Waals surface area (Å²) in [7, 11) is 0. The maximum atomic E-state index is 9.88. The maximum absolute atomic E-state index is 9.88. The molecule has 0 spiro atoms. The number of aliphatic hydroxyl groups excluding tert-OH is 1. The van der Waals surface area contributed by atoms with Crippen molar-refractivity contribution in [3.05, 3.63) is 30.1 Å². The zero-order valence-electron chi connectivity index (χ0n) is 8.80. The molecule has 1 saturated heterocycles. The molecule has 0 saturated carbocycles. The van der Waals surface area contributed by atoms with Gasteiger partial charge in [0, 0.05) is 25.6 Å². The molecule has 0 aliphatic carbocycles. The van der Waals surface area contributed by atoms with Crippen LogP contribution in [0.3, 0.4) is 0 Å². The van der Waals surface area contributed by atoms with Crippen molar-refractivity contribution in [1.82, 2.24) is 4.98 Å². The van der Waals surface area contributed by atoms with Gasteiger partial charge in [-0.05, 0) is 36.8 Å². The molecule has 1 aromatic rings. The molecule has 1 aliphatic rings. The van der Waals surface area contributed by atoms with Crippen LogP contribution in [0, 0.1) is 5.92 Å². The van der Waals surface area contributed by atoms with Gasteiger partial charge in [0.25, 0.3) is 0 Å². The SMILES string of the molecule is OC(Cc1cccnc1)CC1CCOC1. The van der Waals surface area contributed by atoms with Crippen LogP contribution in [0.25, 0.3) is 0 Å². The fourth-order valence-corrected chi connectivity index (χ4v) is 2.03. The Labute approximate surface area is 90.1 Å². The molecule has 0 amide bonds. The molecule has 2 unspecified atom stereocenters. The van der Waals surface area contributed by atoms with Crippen LogP contribution in [0.1, 0.15) is 18.4 Å². The van der Waals surface area contributed by atoms with Crippen LogP contribution in [0.2, 0.25) is 0 Å². The highest BCUT2D eigenvalue weighted by Crippen LogP contribution is 2.19. The molecule has 15 heavy (non-hydrogen) atoms. The Morgan fingerprint density at radius 2 is 2.53 bits per heavy atom. The zero-order chi connectivity index (χ0) is 10.5. The molecule has 82 valence electrons. The standard InChI is InChI=1S/C12H17NO2/c14-12(7-11-3-5-15-9-11)6-10-2-1-4-13-8-10/h1-2,4,8,11-12,14H,3,5-7,9H2. The van der Waals surface area contributed by atoms with Gasteiger partial charge in [-0.2, -0.15) is 0 Å². The fraction of sp³-hybridized carbons (Fsp3) is 0.583. The first-order valence-corrected chi connectivity index (χ1v) is 5.49. The quantitative estimate of drug-likeness (QED) is 0.811. The smallest absolute Gasteiger partial charge is 0.0584 e. The summed E-state index contributed by atoms with van der Waals surface area (Å²) in [5.74, 6) is 0.539. The van der Waals surface area contributed by atoms with Crippen LogP contribution >= 0.6 is 0 Å². The van der Waals surface area contributed by atoms with Crippen LogP contribution in [0.5, 0.6) is 0 Å². The predicted octanol–water partition coefficient (Wildman–Crippen LogP) is 1.41. The van der Waals surface area contributed by atoms with E-state index in [0.29, 0.717) is 12.3 Å². The van der Waals surface area contributed by atoms with Crippen molar-refractivity contribution in [2.24, 2.45) is 5.92 Å². The van der Waals surface area contributed by atoms with Gasteiger partial charge in [0.1, 0.15) is 0 Å². The Morgan fingerprint density at radius 1 is 1.60 bits per heavy atom. The lowest BCUT2D eigenvalue weighted by molar-refractivity contribution is 0.128. The predicted molar refractivity (Wildman–Crippen MR) is 57.5 cm³/mol. The first-order valence-electron chi connectivity index (χ1n) is 5.49. The number of ether oxygens (including phenoxy) is 1. The highest BCUT2D eigenvalue weighted by Gasteiger charge is 2.19. The lowest BCUT2D eigenvalue weighted by Gasteiger charge is -2.13. The van der Waals surface area contributed by atoms with Crippen LogP contribution in [0.4, 0.5) is 0 Å². The van der Waals surface area contributed by atoms with Crippen LogP contribution in [-0.2, 0) is 11.2 Å². The minimum Gasteiger partial charge on any atom is -0.393 e. The van der Waals surface area contributed by atoms with Gasteiger partial charge in [-0.1, -0.05) is 6.07 Å². The van der Waals surface area contributed by atoms with Gasteiger partial charge in [0.15, 0.2) is 0 Å². The third-order valence-corrected chi connectivity index (χ3v) is 2.82. The summed E-state index contributed by atoms with van der Waals surface area (Å²) in [5, 5.41) is 9.88. The van der Waals surface area contributed by atoms with Crippen molar-refractivity contribution >= 4 is 0 Å². The van der Waals surface area contributed by atoms with Crippen LogP contribution in [-0.4, -0.2) is 29.4 Å². The van der Waals surface area contributed by atoms with Gasteiger partial charge in [-0.25, -0.2) is 0 Å². The summed E-state index contributed by atoms with van der Waals surface area (Å²) >= 11 is 0. The van der Waals surface area contributed by atoms with Crippen molar-refractivity contribution in [3.63, 3.8) is 0 Å². The molecule has 1 aliphatic heterocycles. The summed E-state index contributed by atoms with van der Waals surface area (Å²) in [5.41, 5.74) is 1.10. The van der Waals surface area contributed by atoms with Crippen molar-refractivity contribution in [2.45, 2.75) is 25.4 Å². The summed E-state index contributed by atoms with van der Waals surface area (Å²) in [6.07, 6.45) is 5.93. The van der Waals surface area contributed by atoms with E-state index in [0.717, 1.165) is 31.6 Å². The van der Waals surface area contributed by atoms with E-state index in [1.165, 1.54) is 0 Å². The minimum absolute atomic E-state index is 0.263. The topological polar surface area (TPSA) is 42.4 Å². The van der Waals surface area contributed by atoms with Crippen molar-refractivity contribution in [1.29, 1.82) is 0 Å². The number of nitrogens with zero attached hydrogens (tertiary/aromatic N) is 1. The van der Waals surface area contributed by atoms with E-state index < -0.39 is 0 Å². The third-order valence-electron chi connectivity index (χ3n) is 2.82. The Balaban J connectivity index is 1.79. The van der Waals surface area contributed by atoms with E-state index in [2.05, 4.69) is 4.98 Å². The average molecular weight is 207 g/mol. The van der Waals surface area contributed by atoms with Gasteiger partial charge in [-0.15, -0.1) is 0 Å². The number of aromatic nitrogens is 1. The van der Waals surface area contributed by atoms with E-state index in [1.54, 1.807) is 6.20 Å². The van der Waals surface area contributed by atoms with E-state index >= 15 is 0 Å². The molecule has 0 radical (unpaired) electrons. The van der Waals surface area contributed by atoms with Crippen molar-refractivity contribution in [2.75, 3.05) is 13.2 Å². The highest BCUT2D eigenvalue weighted by molar-refractivity contribution is 5.09. The van der Waals surface area contributed by atoms with Crippen LogP contribution < -0.4 is 0 Å². The zero-order valence-corrected chi connectivity index (χ0v) is 8.80. The van der Waals surface area contributed by atoms with Crippen molar-refractivity contribution < 1.29 is 9.84 Å². The molecule has 2 rings (SSSR count). The molecular weight excluding hydrogens is 190 g/mol. The number of pyridine rings is 1. The Morgan fingerprint density at radius 3 is 3.20 bits per heavy atom. The molecule has 2 heterocycles. The Hall–Kier alpha value is -0.930. The Bertz CT molecular complexity index is 283. The molecule has 3 heteroatoms. The van der Waals surface area contributed by atoms with Gasteiger partial charge in [0.2, 0.25) is 0 Å². The molecule has 2 atom stereocenters. The lowest BCUT2D eigenvalue weighted by Crippen LogP contribution is -2.16. The molecule has 1 N–H and O–H groups in total. The average Bonchev–Trinajstić information content (AvgIpc) is 2.71. The molecule has 0 bridgehead atoms. The van der Waals surface area contributed by atoms with E-state index in [-0.39, 0.29) is 6.10 Å². The number of hydrogen-bond acceptors (Lipinski definition) is 3. The Kier molecular flexibility index (Phi) is 3.69. The first-order chi connectivity index (χ1) is 7.34. The molecule has 3 nitrogen and oxygen atoms in total. The fourth-order valence-electron chi connectivity index (χ4n) is 2.03. The molecule has 0 aromatic carbocycles. The number of aliphatic hydroxyl groups is 1. The summed E-state index contributed by atoms with van der Waals surface area (Å²) in [4.78, 5) is 4.03. The molecular formula is C12H17NO2. The number of rotatable bonds is 4. The first kappa shape index (κ1) is 10.6. The number of hydrogen-bond donors (Lipinski definition) is 1. The summed E-state index contributed by atoms with van der Waals surface area (Å²) < 4.78 is 5.28. The maximum Gasteiger partial charge on any atom is 0.0584 e. The van der Waals surface area contributed by atoms with Gasteiger partial charge < -0.3 is 9.84 Å². The largest absolute Gasteiger partial charge is 0.393 e. The normalized spacial score (nSPS) is 22.9. The van der Waals surface area contributed by atoms with E-state index in [1.807, 2.05) is 18.3 Å². The summed E-state index contributed by atoms with van der Waals surface area (Å²) in [6, 6.07) is 3.90. The second-order valence-corrected chi connectivity index (χ2v) is 4.18. The second-order valence-electron chi connectivity index (χ2n) is 4.18. The second kappa shape index (κ2) is 5.24. The lowest BCUT2D eigenvalue weighted by atomic mass is 9.97. The van der Waals surface area contributed by atoms with Gasteiger partial charge >= 0.3 is 0 Å². The van der Waals surface area contributed by atoms with E-state index in [9.17, 15) is 5.11 Å². The monoisotopic (exact) mass is 207 g/mol. The molecule has 1 aromatic heterocycles. The van der Waals surface area contributed by atoms with Gasteiger partial charge in [-0.3, -0.25) is 4.98 Å². The van der Waals surface area contributed by atoms with Crippen molar-refractivity contribution in [3.8, 4) is 0 Å². The van der Waals surface area contributed by atoms with E-state index in [4.69, 9.17) is 4.74 Å². The van der Waals surface area contributed by atoms with Gasteiger partial charge in [0.05, 0.1) is 6.10 Å². The molecule has 1 fully saturated rings. The minimum atomic E-state index is -0.263. The van der Waals surface area contributed by atoms with Crippen LogP contribution in [0.15, 0.2) is 24.5 Å². The highest BCUT2D eigenvalue weighted by atomic mass is 16.5. The summed E-state index contributed by atoms with van der Waals surface area (Å²) in [6.45, 7) is 1.66.